The topological polar surface area (TPSA) is 3.88 Å². The highest BCUT2D eigenvalue weighted by molar-refractivity contribution is 5.84. The van der Waals surface area contributed by atoms with Crippen LogP contribution in [0.1, 0.15) is 16.7 Å². The summed E-state index contributed by atoms with van der Waals surface area (Å²) >= 11 is 0. The van der Waals surface area contributed by atoms with E-state index in [0.717, 1.165) is 16.5 Å². The molecule has 1 aromatic heterocycles. The number of hydrogen-bond donors (Lipinski definition) is 0. The van der Waals surface area contributed by atoms with Crippen molar-refractivity contribution < 1.29 is 8.96 Å². The normalized spacial score (nSPS) is 11.1. The summed E-state index contributed by atoms with van der Waals surface area (Å²) in [6.07, 6.45) is 2.06. The Bertz CT molecular complexity index is 850. The SMILES string of the molecule is Cc1cc(C)c(C)c(-c2cc3cc(F)ccc3c[n+]2C)c1. The molecule has 3 aromatic rings. The summed E-state index contributed by atoms with van der Waals surface area (Å²) in [5.74, 6) is -0.195. The molecule has 3 rings (SSSR count). The van der Waals surface area contributed by atoms with Crippen LogP contribution >= 0.6 is 0 Å². The van der Waals surface area contributed by atoms with Gasteiger partial charge in [0.25, 0.3) is 0 Å². The zero-order chi connectivity index (χ0) is 15.1. The fourth-order valence-corrected chi connectivity index (χ4v) is 2.89. The number of benzene rings is 2. The van der Waals surface area contributed by atoms with E-state index in [-0.39, 0.29) is 5.82 Å². The molecule has 0 unspecified atom stereocenters. The Morgan fingerprint density at radius 1 is 0.905 bits per heavy atom. The van der Waals surface area contributed by atoms with Gasteiger partial charge in [-0.3, -0.25) is 0 Å². The smallest absolute Gasteiger partial charge is 0.207 e. The number of aromatic nitrogens is 1. The van der Waals surface area contributed by atoms with E-state index in [0.29, 0.717) is 0 Å². The molecule has 2 aromatic carbocycles. The Labute approximate surface area is 124 Å². The van der Waals surface area contributed by atoms with Gasteiger partial charge in [-0.15, -0.1) is 0 Å². The second-order valence-electron chi connectivity index (χ2n) is 5.80. The molecule has 0 bridgehead atoms. The third-order valence-corrected chi connectivity index (χ3v) is 4.14. The van der Waals surface area contributed by atoms with Crippen molar-refractivity contribution in [2.75, 3.05) is 0 Å². The summed E-state index contributed by atoms with van der Waals surface area (Å²) in [4.78, 5) is 0. The van der Waals surface area contributed by atoms with E-state index < -0.39 is 0 Å². The molecule has 1 heterocycles. The quantitative estimate of drug-likeness (QED) is 0.582. The number of rotatable bonds is 1. The summed E-state index contributed by atoms with van der Waals surface area (Å²) in [6.45, 7) is 6.38. The number of halogens is 1. The number of fused-ring (bicyclic) bond motifs is 1. The van der Waals surface area contributed by atoms with Crippen molar-refractivity contribution >= 4 is 10.8 Å². The van der Waals surface area contributed by atoms with Gasteiger partial charge in [0.2, 0.25) is 5.69 Å². The van der Waals surface area contributed by atoms with Crippen molar-refractivity contribution in [3.8, 4) is 11.3 Å². The number of pyridine rings is 1. The summed E-state index contributed by atoms with van der Waals surface area (Å²) in [5, 5.41) is 1.98. The van der Waals surface area contributed by atoms with E-state index >= 15 is 0 Å². The van der Waals surface area contributed by atoms with Crippen LogP contribution in [0.15, 0.2) is 42.6 Å². The molecule has 0 aliphatic heterocycles. The van der Waals surface area contributed by atoms with Gasteiger partial charge in [-0.05, 0) is 61.5 Å². The van der Waals surface area contributed by atoms with E-state index in [1.807, 2.05) is 13.1 Å². The highest BCUT2D eigenvalue weighted by Crippen LogP contribution is 2.27. The van der Waals surface area contributed by atoms with Crippen LogP contribution in [-0.2, 0) is 7.05 Å². The van der Waals surface area contributed by atoms with Crippen LogP contribution in [0.3, 0.4) is 0 Å². The molecule has 0 N–H and O–H groups in total. The lowest BCUT2D eigenvalue weighted by Gasteiger charge is -2.10. The molecule has 0 fully saturated rings. The van der Waals surface area contributed by atoms with E-state index in [4.69, 9.17) is 0 Å². The molecular formula is C19H19FN+. The maximum absolute atomic E-state index is 13.5. The largest absolute Gasteiger partial charge is 0.213 e. The van der Waals surface area contributed by atoms with E-state index in [1.165, 1.54) is 28.3 Å². The van der Waals surface area contributed by atoms with Crippen molar-refractivity contribution in [1.82, 2.24) is 0 Å². The van der Waals surface area contributed by atoms with E-state index in [1.54, 1.807) is 6.07 Å². The maximum atomic E-state index is 13.5. The van der Waals surface area contributed by atoms with Crippen LogP contribution in [0.5, 0.6) is 0 Å². The molecule has 0 saturated carbocycles. The van der Waals surface area contributed by atoms with Gasteiger partial charge in [-0.1, -0.05) is 11.6 Å². The van der Waals surface area contributed by atoms with Crippen LogP contribution in [0.4, 0.5) is 4.39 Å². The molecule has 2 heteroatoms. The second-order valence-corrected chi connectivity index (χ2v) is 5.80. The lowest BCUT2D eigenvalue weighted by Crippen LogP contribution is -2.30. The molecule has 0 aliphatic carbocycles. The third-order valence-electron chi connectivity index (χ3n) is 4.14. The Morgan fingerprint density at radius 3 is 2.43 bits per heavy atom. The lowest BCUT2D eigenvalue weighted by atomic mass is 9.96. The summed E-state index contributed by atoms with van der Waals surface area (Å²) in [7, 11) is 2.04. The second kappa shape index (κ2) is 4.96. The van der Waals surface area contributed by atoms with Gasteiger partial charge in [0, 0.05) is 17.0 Å². The zero-order valence-electron chi connectivity index (χ0n) is 12.9. The summed E-state index contributed by atoms with van der Waals surface area (Å²) < 4.78 is 15.6. The summed E-state index contributed by atoms with van der Waals surface area (Å²) in [6, 6.07) is 11.4. The van der Waals surface area contributed by atoms with Crippen molar-refractivity contribution in [2.45, 2.75) is 20.8 Å². The first-order valence-electron chi connectivity index (χ1n) is 7.13. The van der Waals surface area contributed by atoms with Crippen molar-refractivity contribution in [3.05, 3.63) is 65.1 Å². The molecule has 0 radical (unpaired) electrons. The Hall–Kier alpha value is -2.22. The fourth-order valence-electron chi connectivity index (χ4n) is 2.89. The monoisotopic (exact) mass is 280 g/mol. The van der Waals surface area contributed by atoms with Crippen molar-refractivity contribution in [2.24, 2.45) is 7.05 Å². The molecule has 0 amide bonds. The van der Waals surface area contributed by atoms with Crippen molar-refractivity contribution in [1.29, 1.82) is 0 Å². The zero-order valence-corrected chi connectivity index (χ0v) is 12.9. The Morgan fingerprint density at radius 2 is 1.67 bits per heavy atom. The first-order chi connectivity index (χ1) is 9.95. The van der Waals surface area contributed by atoms with Gasteiger partial charge in [-0.2, -0.15) is 0 Å². The molecule has 106 valence electrons. The van der Waals surface area contributed by atoms with Crippen LogP contribution in [-0.4, -0.2) is 0 Å². The maximum Gasteiger partial charge on any atom is 0.213 e. The number of hydrogen-bond acceptors (Lipinski definition) is 0. The van der Waals surface area contributed by atoms with Crippen LogP contribution < -0.4 is 4.57 Å². The predicted octanol–water partition coefficient (Wildman–Crippen LogP) is 4.40. The van der Waals surface area contributed by atoms with Crippen LogP contribution in [0.2, 0.25) is 0 Å². The molecule has 0 saturated heterocycles. The molecule has 0 atom stereocenters. The first-order valence-corrected chi connectivity index (χ1v) is 7.13. The molecule has 21 heavy (non-hydrogen) atoms. The highest BCUT2D eigenvalue weighted by Gasteiger charge is 2.15. The Balaban J connectivity index is 2.32. The van der Waals surface area contributed by atoms with E-state index in [9.17, 15) is 4.39 Å². The van der Waals surface area contributed by atoms with Gasteiger partial charge in [0.05, 0.1) is 0 Å². The molecule has 0 spiro atoms. The fraction of sp³-hybridized carbons (Fsp3) is 0.211. The minimum atomic E-state index is -0.195. The number of aryl methyl sites for hydroxylation is 3. The summed E-state index contributed by atoms with van der Waals surface area (Å²) in [5.41, 5.74) is 6.11. The van der Waals surface area contributed by atoms with Crippen LogP contribution in [0.25, 0.3) is 22.0 Å². The highest BCUT2D eigenvalue weighted by atomic mass is 19.1. The predicted molar refractivity (Wildman–Crippen MR) is 84.7 cm³/mol. The van der Waals surface area contributed by atoms with Gasteiger partial charge < -0.3 is 0 Å². The lowest BCUT2D eigenvalue weighted by molar-refractivity contribution is -0.659. The average molecular weight is 280 g/mol. The standard InChI is InChI=1S/C19H19FN/c1-12-7-13(2)14(3)18(8-12)19-10-16-9-17(20)6-5-15(16)11-21(19)4/h5-11H,1-4H3/q+1. The van der Waals surface area contributed by atoms with E-state index in [2.05, 4.69) is 49.7 Å². The first kappa shape index (κ1) is 13.7. The average Bonchev–Trinajstić information content (AvgIpc) is 2.43. The minimum Gasteiger partial charge on any atom is -0.207 e. The molecule has 1 nitrogen and oxygen atoms in total. The van der Waals surface area contributed by atoms with Crippen LogP contribution in [0, 0.1) is 26.6 Å². The molecular weight excluding hydrogens is 261 g/mol. The van der Waals surface area contributed by atoms with Gasteiger partial charge in [-0.25, -0.2) is 8.96 Å². The van der Waals surface area contributed by atoms with Gasteiger partial charge in [0.1, 0.15) is 12.9 Å². The minimum absolute atomic E-state index is 0.195. The molecule has 0 aliphatic rings. The third kappa shape index (κ3) is 2.42. The van der Waals surface area contributed by atoms with Gasteiger partial charge in [0.15, 0.2) is 6.20 Å². The van der Waals surface area contributed by atoms with Gasteiger partial charge >= 0.3 is 0 Å². The number of nitrogens with zero attached hydrogens (tertiary/aromatic N) is 1. The Kier molecular flexibility index (Phi) is 3.25. The van der Waals surface area contributed by atoms with Crippen molar-refractivity contribution in [3.63, 3.8) is 0 Å².